The van der Waals surface area contributed by atoms with Crippen LogP contribution in [0.3, 0.4) is 0 Å². The van der Waals surface area contributed by atoms with E-state index in [0.29, 0.717) is 0 Å². The second kappa shape index (κ2) is 4.31. The predicted octanol–water partition coefficient (Wildman–Crippen LogP) is 1.48. The van der Waals surface area contributed by atoms with Crippen LogP contribution in [0, 0.1) is 0 Å². The summed E-state index contributed by atoms with van der Waals surface area (Å²) in [7, 11) is 0. The summed E-state index contributed by atoms with van der Waals surface area (Å²) >= 11 is 0. The Morgan fingerprint density at radius 3 is 2.31 bits per heavy atom. The summed E-state index contributed by atoms with van der Waals surface area (Å²) in [5.41, 5.74) is -0.834. The second-order valence-corrected chi connectivity index (χ2v) is 5.45. The zero-order valence-electron chi connectivity index (χ0n) is 10.1. The Labute approximate surface area is 95.6 Å². The van der Waals surface area contributed by atoms with Gasteiger partial charge in [-0.2, -0.15) is 0 Å². The Morgan fingerprint density at radius 1 is 1.38 bits per heavy atom. The van der Waals surface area contributed by atoms with Gasteiger partial charge < -0.3 is 15.7 Å². The first kappa shape index (κ1) is 12.8. The van der Waals surface area contributed by atoms with Crippen molar-refractivity contribution in [3.63, 3.8) is 0 Å². The highest BCUT2D eigenvalue weighted by Crippen LogP contribution is 2.30. The molecule has 1 aliphatic rings. The molecular weight excluding hydrogens is 208 g/mol. The van der Waals surface area contributed by atoms with Crippen LogP contribution < -0.4 is 10.6 Å². The lowest BCUT2D eigenvalue weighted by Crippen LogP contribution is -2.58. The van der Waals surface area contributed by atoms with Crippen LogP contribution in [-0.2, 0) is 4.79 Å². The van der Waals surface area contributed by atoms with Crippen molar-refractivity contribution in [2.45, 2.75) is 57.5 Å². The van der Waals surface area contributed by atoms with Gasteiger partial charge in [0.2, 0.25) is 0 Å². The summed E-state index contributed by atoms with van der Waals surface area (Å²) in [6.45, 7) is 5.40. The Kier molecular flexibility index (Phi) is 3.45. The van der Waals surface area contributed by atoms with Crippen molar-refractivity contribution in [2.75, 3.05) is 0 Å². The van der Waals surface area contributed by atoms with Gasteiger partial charge in [-0.05, 0) is 40.0 Å². The topological polar surface area (TPSA) is 78.4 Å². The third-order valence-electron chi connectivity index (χ3n) is 2.92. The molecule has 5 nitrogen and oxygen atoms in total. The van der Waals surface area contributed by atoms with Crippen molar-refractivity contribution in [3.8, 4) is 0 Å². The van der Waals surface area contributed by atoms with Crippen LogP contribution in [0.5, 0.6) is 0 Å². The number of hydrogen-bond acceptors (Lipinski definition) is 2. The van der Waals surface area contributed by atoms with E-state index in [9.17, 15) is 9.59 Å². The van der Waals surface area contributed by atoms with Crippen molar-refractivity contribution in [1.29, 1.82) is 0 Å². The van der Waals surface area contributed by atoms with Gasteiger partial charge in [0.05, 0.1) is 6.42 Å². The first-order valence-corrected chi connectivity index (χ1v) is 5.55. The minimum absolute atomic E-state index is 0.0862. The largest absolute Gasteiger partial charge is 0.481 e. The fourth-order valence-corrected chi connectivity index (χ4v) is 1.87. The Hall–Kier alpha value is -1.26. The van der Waals surface area contributed by atoms with E-state index < -0.39 is 11.5 Å². The molecule has 0 aliphatic heterocycles. The van der Waals surface area contributed by atoms with Gasteiger partial charge in [-0.1, -0.05) is 0 Å². The normalized spacial score (nSPS) is 18.4. The van der Waals surface area contributed by atoms with E-state index in [4.69, 9.17) is 5.11 Å². The molecule has 0 atom stereocenters. The number of amides is 2. The monoisotopic (exact) mass is 228 g/mol. The van der Waals surface area contributed by atoms with Gasteiger partial charge >= 0.3 is 12.0 Å². The summed E-state index contributed by atoms with van der Waals surface area (Å²) in [5, 5.41) is 14.2. The van der Waals surface area contributed by atoms with Gasteiger partial charge in [0, 0.05) is 11.1 Å². The van der Waals surface area contributed by atoms with Gasteiger partial charge in [-0.25, -0.2) is 4.79 Å². The molecule has 16 heavy (non-hydrogen) atoms. The van der Waals surface area contributed by atoms with Crippen LogP contribution in [0.25, 0.3) is 0 Å². The quantitative estimate of drug-likeness (QED) is 0.682. The van der Waals surface area contributed by atoms with E-state index in [1.807, 2.05) is 6.92 Å². The molecule has 0 bridgehead atoms. The molecule has 3 N–H and O–H groups in total. The van der Waals surface area contributed by atoms with E-state index in [1.165, 1.54) is 0 Å². The number of aliphatic carboxylic acids is 1. The number of carboxylic acid groups (broad SMARTS) is 1. The molecule has 1 rings (SSSR count). The molecule has 1 fully saturated rings. The summed E-state index contributed by atoms with van der Waals surface area (Å²) in [5.74, 6) is -0.917. The number of rotatable bonds is 4. The lowest BCUT2D eigenvalue weighted by atomic mass is 9.79. The highest BCUT2D eigenvalue weighted by Gasteiger charge is 2.34. The standard InChI is InChI=1S/C11H20N2O3/c1-10(2,7-8(14)15)12-9(16)13-11(3)5-4-6-11/h4-7H2,1-3H3,(H,14,15)(H2,12,13,16). The molecule has 0 aromatic heterocycles. The average molecular weight is 228 g/mol. The van der Waals surface area contributed by atoms with E-state index in [0.717, 1.165) is 19.3 Å². The molecule has 0 radical (unpaired) electrons. The van der Waals surface area contributed by atoms with Crippen molar-refractivity contribution in [2.24, 2.45) is 0 Å². The second-order valence-electron chi connectivity index (χ2n) is 5.45. The molecule has 0 heterocycles. The summed E-state index contributed by atoms with van der Waals surface area (Å²) in [6.07, 6.45) is 3.02. The van der Waals surface area contributed by atoms with Crippen LogP contribution >= 0.6 is 0 Å². The average Bonchev–Trinajstić information content (AvgIpc) is 1.96. The molecule has 0 saturated heterocycles. The number of carbonyl (C=O) groups excluding carboxylic acids is 1. The summed E-state index contributed by atoms with van der Waals surface area (Å²) < 4.78 is 0. The fraction of sp³-hybridized carbons (Fsp3) is 0.818. The molecule has 0 spiro atoms. The zero-order chi connectivity index (χ0) is 12.4. The lowest BCUT2D eigenvalue weighted by Gasteiger charge is -2.40. The van der Waals surface area contributed by atoms with Crippen molar-refractivity contribution in [3.05, 3.63) is 0 Å². The van der Waals surface area contributed by atoms with Crippen LogP contribution in [-0.4, -0.2) is 28.2 Å². The van der Waals surface area contributed by atoms with Gasteiger partial charge in [0.1, 0.15) is 0 Å². The van der Waals surface area contributed by atoms with Crippen LogP contribution in [0.4, 0.5) is 4.79 Å². The molecule has 92 valence electrons. The third kappa shape index (κ3) is 3.72. The van der Waals surface area contributed by atoms with Gasteiger partial charge in [-0.15, -0.1) is 0 Å². The number of hydrogen-bond donors (Lipinski definition) is 3. The van der Waals surface area contributed by atoms with E-state index in [1.54, 1.807) is 13.8 Å². The maximum Gasteiger partial charge on any atom is 0.315 e. The van der Waals surface area contributed by atoms with Gasteiger partial charge in [-0.3, -0.25) is 4.79 Å². The Morgan fingerprint density at radius 2 is 1.94 bits per heavy atom. The maximum absolute atomic E-state index is 11.6. The van der Waals surface area contributed by atoms with Crippen LogP contribution in [0.2, 0.25) is 0 Å². The van der Waals surface area contributed by atoms with Crippen molar-refractivity contribution < 1.29 is 14.7 Å². The highest BCUT2D eigenvalue weighted by atomic mass is 16.4. The van der Waals surface area contributed by atoms with E-state index in [2.05, 4.69) is 10.6 Å². The Balaban J connectivity index is 2.41. The molecule has 1 aliphatic carbocycles. The molecule has 5 heteroatoms. The van der Waals surface area contributed by atoms with Crippen molar-refractivity contribution >= 4 is 12.0 Å². The maximum atomic E-state index is 11.6. The van der Waals surface area contributed by atoms with Crippen LogP contribution in [0.1, 0.15) is 46.5 Å². The number of urea groups is 1. The fourth-order valence-electron chi connectivity index (χ4n) is 1.87. The van der Waals surface area contributed by atoms with Gasteiger partial charge in [0.15, 0.2) is 0 Å². The minimum atomic E-state index is -0.917. The third-order valence-corrected chi connectivity index (χ3v) is 2.92. The Bertz CT molecular complexity index is 296. The summed E-state index contributed by atoms with van der Waals surface area (Å²) in [6, 6.07) is -0.284. The number of nitrogens with one attached hydrogen (secondary N) is 2. The minimum Gasteiger partial charge on any atom is -0.481 e. The SMILES string of the molecule is CC(C)(CC(=O)O)NC(=O)NC1(C)CCC1. The summed E-state index contributed by atoms with van der Waals surface area (Å²) in [4.78, 5) is 22.2. The molecule has 0 unspecified atom stereocenters. The molecule has 1 saturated carbocycles. The smallest absolute Gasteiger partial charge is 0.315 e. The number of carboxylic acids is 1. The first-order chi connectivity index (χ1) is 7.22. The zero-order valence-corrected chi connectivity index (χ0v) is 10.1. The highest BCUT2D eigenvalue weighted by molar-refractivity contribution is 5.77. The molecule has 0 aromatic carbocycles. The molecule has 0 aromatic rings. The predicted molar refractivity (Wildman–Crippen MR) is 60.3 cm³/mol. The van der Waals surface area contributed by atoms with E-state index >= 15 is 0 Å². The first-order valence-electron chi connectivity index (χ1n) is 5.55. The molecular formula is C11H20N2O3. The van der Waals surface area contributed by atoms with Gasteiger partial charge in [0.25, 0.3) is 0 Å². The molecule has 2 amide bonds. The number of carbonyl (C=O) groups is 2. The van der Waals surface area contributed by atoms with E-state index in [-0.39, 0.29) is 18.0 Å². The van der Waals surface area contributed by atoms with Crippen LogP contribution in [0.15, 0.2) is 0 Å². The lowest BCUT2D eigenvalue weighted by molar-refractivity contribution is -0.138. The van der Waals surface area contributed by atoms with Crippen molar-refractivity contribution in [1.82, 2.24) is 10.6 Å².